The molecule has 1 amide bonds. The third-order valence-corrected chi connectivity index (χ3v) is 4.72. The van der Waals surface area contributed by atoms with Crippen LogP contribution in [0.2, 0.25) is 0 Å². The van der Waals surface area contributed by atoms with Crippen molar-refractivity contribution in [3.05, 3.63) is 90.8 Å². The van der Waals surface area contributed by atoms with Gasteiger partial charge < -0.3 is 14.8 Å². The number of nitrogens with one attached hydrogen (secondary N) is 1. The van der Waals surface area contributed by atoms with E-state index in [1.54, 1.807) is 31.3 Å². The number of nitrogens with zero attached hydrogens (tertiary/aromatic N) is 2. The predicted octanol–water partition coefficient (Wildman–Crippen LogP) is 4.81. The molecule has 30 heavy (non-hydrogen) atoms. The van der Waals surface area contributed by atoms with Gasteiger partial charge in [0.2, 0.25) is 0 Å². The van der Waals surface area contributed by atoms with Gasteiger partial charge in [0.1, 0.15) is 11.5 Å². The van der Waals surface area contributed by atoms with Gasteiger partial charge in [0.05, 0.1) is 31.7 Å². The van der Waals surface area contributed by atoms with Crippen LogP contribution in [0.15, 0.2) is 85.2 Å². The smallest absolute Gasteiger partial charge is 0.258 e. The third kappa shape index (κ3) is 4.03. The highest BCUT2D eigenvalue weighted by molar-refractivity contribution is 6.04. The summed E-state index contributed by atoms with van der Waals surface area (Å²) in [6, 6.07) is 22.9. The first kappa shape index (κ1) is 19.3. The molecular weight excluding hydrogens is 378 g/mol. The number of ether oxygens (including phenoxy) is 2. The maximum atomic E-state index is 12.7. The average Bonchev–Trinajstić information content (AvgIpc) is 3.30. The molecule has 0 fully saturated rings. The molecule has 0 aliphatic rings. The number of anilines is 1. The van der Waals surface area contributed by atoms with Gasteiger partial charge in [0.25, 0.3) is 5.91 Å². The molecule has 0 aliphatic carbocycles. The van der Waals surface area contributed by atoms with Crippen LogP contribution in [0.25, 0.3) is 16.8 Å². The lowest BCUT2D eigenvalue weighted by Crippen LogP contribution is -2.11. The number of aromatic nitrogens is 2. The quantitative estimate of drug-likeness (QED) is 0.505. The third-order valence-electron chi connectivity index (χ3n) is 4.72. The number of methoxy groups -OCH3 is 2. The zero-order valence-corrected chi connectivity index (χ0v) is 16.7. The molecule has 3 aromatic carbocycles. The standard InChI is InChI=1S/C24H21N3O3/c1-29-21-11-8-17(9-12-21)22-14-19(10-13-23(22)30-2)26-24(28)18-15-25-27(16-18)20-6-4-3-5-7-20/h3-16H,1-2H3,(H,26,28). The summed E-state index contributed by atoms with van der Waals surface area (Å²) in [5, 5.41) is 7.22. The second-order valence-corrected chi connectivity index (χ2v) is 6.61. The van der Waals surface area contributed by atoms with Crippen LogP contribution in [0.1, 0.15) is 10.4 Å². The number of rotatable bonds is 6. The lowest BCUT2D eigenvalue weighted by molar-refractivity contribution is 0.102. The molecule has 1 heterocycles. The molecular formula is C24H21N3O3. The van der Waals surface area contributed by atoms with Crippen LogP contribution in [-0.2, 0) is 0 Å². The highest BCUT2D eigenvalue weighted by Crippen LogP contribution is 2.33. The first-order chi connectivity index (χ1) is 14.7. The molecule has 0 spiro atoms. The SMILES string of the molecule is COc1ccc(-c2cc(NC(=O)c3cnn(-c4ccccc4)c3)ccc2OC)cc1. The van der Waals surface area contributed by atoms with Gasteiger partial charge in [-0.1, -0.05) is 30.3 Å². The molecule has 0 saturated carbocycles. The van der Waals surface area contributed by atoms with Crippen LogP contribution in [0.5, 0.6) is 11.5 Å². The Morgan fingerprint density at radius 2 is 1.70 bits per heavy atom. The number of hydrogen-bond donors (Lipinski definition) is 1. The average molecular weight is 399 g/mol. The minimum atomic E-state index is -0.233. The summed E-state index contributed by atoms with van der Waals surface area (Å²) in [6.07, 6.45) is 3.26. The molecule has 4 aromatic rings. The molecule has 1 aromatic heterocycles. The summed E-state index contributed by atoms with van der Waals surface area (Å²) < 4.78 is 12.4. The Morgan fingerprint density at radius 1 is 0.933 bits per heavy atom. The highest BCUT2D eigenvalue weighted by atomic mass is 16.5. The lowest BCUT2D eigenvalue weighted by Gasteiger charge is -2.12. The van der Waals surface area contributed by atoms with E-state index in [1.165, 1.54) is 0 Å². The molecule has 0 aliphatic heterocycles. The van der Waals surface area contributed by atoms with E-state index in [0.29, 0.717) is 11.3 Å². The minimum absolute atomic E-state index is 0.233. The van der Waals surface area contributed by atoms with Crippen molar-refractivity contribution >= 4 is 11.6 Å². The summed E-state index contributed by atoms with van der Waals surface area (Å²) >= 11 is 0. The fourth-order valence-corrected chi connectivity index (χ4v) is 3.15. The number of benzene rings is 3. The van der Waals surface area contributed by atoms with Gasteiger partial charge in [-0.25, -0.2) is 4.68 Å². The van der Waals surface area contributed by atoms with Gasteiger partial charge in [0.15, 0.2) is 0 Å². The number of amides is 1. The summed E-state index contributed by atoms with van der Waals surface area (Å²) in [5.74, 6) is 1.26. The van der Waals surface area contributed by atoms with E-state index in [4.69, 9.17) is 9.47 Å². The first-order valence-electron chi connectivity index (χ1n) is 9.42. The van der Waals surface area contributed by atoms with Crippen molar-refractivity contribution in [3.8, 4) is 28.3 Å². The molecule has 150 valence electrons. The number of carbonyl (C=O) groups is 1. The van der Waals surface area contributed by atoms with E-state index >= 15 is 0 Å². The van der Waals surface area contributed by atoms with Gasteiger partial charge in [-0.15, -0.1) is 0 Å². The maximum Gasteiger partial charge on any atom is 0.258 e. The van der Waals surface area contributed by atoms with Crippen molar-refractivity contribution in [3.63, 3.8) is 0 Å². The topological polar surface area (TPSA) is 65.4 Å². The van der Waals surface area contributed by atoms with Crippen LogP contribution in [0.3, 0.4) is 0 Å². The zero-order chi connectivity index (χ0) is 20.9. The molecule has 6 nitrogen and oxygen atoms in total. The fraction of sp³-hybridized carbons (Fsp3) is 0.0833. The summed E-state index contributed by atoms with van der Waals surface area (Å²) in [6.45, 7) is 0. The van der Waals surface area contributed by atoms with Crippen molar-refractivity contribution in [2.24, 2.45) is 0 Å². The van der Waals surface area contributed by atoms with Crippen LogP contribution >= 0.6 is 0 Å². The van der Waals surface area contributed by atoms with Crippen molar-refractivity contribution < 1.29 is 14.3 Å². The van der Waals surface area contributed by atoms with Crippen molar-refractivity contribution in [1.82, 2.24) is 9.78 Å². The maximum absolute atomic E-state index is 12.7. The van der Waals surface area contributed by atoms with E-state index in [2.05, 4.69) is 10.4 Å². The summed E-state index contributed by atoms with van der Waals surface area (Å²) in [4.78, 5) is 12.7. The van der Waals surface area contributed by atoms with Crippen LogP contribution in [0, 0.1) is 0 Å². The minimum Gasteiger partial charge on any atom is -0.497 e. The molecule has 0 radical (unpaired) electrons. The van der Waals surface area contributed by atoms with E-state index in [9.17, 15) is 4.79 Å². The highest BCUT2D eigenvalue weighted by Gasteiger charge is 2.13. The van der Waals surface area contributed by atoms with Gasteiger partial charge in [-0.05, 0) is 48.0 Å². The van der Waals surface area contributed by atoms with Crippen molar-refractivity contribution in [2.75, 3.05) is 19.5 Å². The monoisotopic (exact) mass is 399 g/mol. The Balaban J connectivity index is 1.57. The number of hydrogen-bond acceptors (Lipinski definition) is 4. The van der Waals surface area contributed by atoms with Crippen molar-refractivity contribution in [1.29, 1.82) is 0 Å². The van der Waals surface area contributed by atoms with Crippen LogP contribution < -0.4 is 14.8 Å². The lowest BCUT2D eigenvalue weighted by atomic mass is 10.0. The van der Waals surface area contributed by atoms with Crippen LogP contribution in [0.4, 0.5) is 5.69 Å². The summed E-state index contributed by atoms with van der Waals surface area (Å²) in [7, 11) is 3.25. The van der Waals surface area contributed by atoms with Gasteiger partial charge in [-0.3, -0.25) is 4.79 Å². The summed E-state index contributed by atoms with van der Waals surface area (Å²) in [5.41, 5.74) is 3.86. The molecule has 4 rings (SSSR count). The first-order valence-corrected chi connectivity index (χ1v) is 9.42. The zero-order valence-electron chi connectivity index (χ0n) is 16.7. The number of carbonyl (C=O) groups excluding carboxylic acids is 1. The number of para-hydroxylation sites is 1. The van der Waals surface area contributed by atoms with Crippen molar-refractivity contribution in [2.45, 2.75) is 0 Å². The molecule has 0 saturated heterocycles. The van der Waals surface area contributed by atoms with E-state index in [0.717, 1.165) is 28.3 Å². The van der Waals surface area contributed by atoms with E-state index in [-0.39, 0.29) is 5.91 Å². The Hall–Kier alpha value is -4.06. The Bertz CT molecular complexity index is 1150. The largest absolute Gasteiger partial charge is 0.497 e. The Labute approximate surface area is 174 Å². The van der Waals surface area contributed by atoms with Crippen LogP contribution in [-0.4, -0.2) is 29.9 Å². The van der Waals surface area contributed by atoms with Gasteiger partial charge in [-0.2, -0.15) is 5.10 Å². The second kappa shape index (κ2) is 8.53. The second-order valence-electron chi connectivity index (χ2n) is 6.61. The Kier molecular flexibility index (Phi) is 5.48. The van der Waals surface area contributed by atoms with E-state index < -0.39 is 0 Å². The molecule has 0 atom stereocenters. The predicted molar refractivity (Wildman–Crippen MR) is 116 cm³/mol. The fourth-order valence-electron chi connectivity index (χ4n) is 3.15. The molecule has 6 heteroatoms. The van der Waals surface area contributed by atoms with Gasteiger partial charge in [0, 0.05) is 17.4 Å². The van der Waals surface area contributed by atoms with Gasteiger partial charge >= 0.3 is 0 Å². The molecule has 1 N–H and O–H groups in total. The molecule has 0 unspecified atom stereocenters. The Morgan fingerprint density at radius 3 is 2.40 bits per heavy atom. The van der Waals surface area contributed by atoms with E-state index in [1.807, 2.05) is 72.8 Å². The molecule has 0 bridgehead atoms. The normalized spacial score (nSPS) is 10.5.